The van der Waals surface area contributed by atoms with Gasteiger partial charge in [0, 0.05) is 13.1 Å². The maximum atomic E-state index is 12.0. The minimum atomic E-state index is -4.69. The summed E-state index contributed by atoms with van der Waals surface area (Å²) in [5.74, 6) is -1.42. The van der Waals surface area contributed by atoms with E-state index in [0.29, 0.717) is 19.5 Å². The van der Waals surface area contributed by atoms with Crippen LogP contribution in [0.5, 0.6) is 5.75 Å². The van der Waals surface area contributed by atoms with Crippen LogP contribution in [0.1, 0.15) is 18.4 Å². The highest BCUT2D eigenvalue weighted by Crippen LogP contribution is 2.24. The van der Waals surface area contributed by atoms with E-state index >= 15 is 0 Å². The van der Waals surface area contributed by atoms with Crippen LogP contribution in [0.4, 0.5) is 13.2 Å². The number of aliphatic carboxylic acids is 1. The van der Waals surface area contributed by atoms with Crippen LogP contribution in [0.3, 0.4) is 0 Å². The zero-order chi connectivity index (χ0) is 15.5. The van der Waals surface area contributed by atoms with Gasteiger partial charge in [0.15, 0.2) is 0 Å². The van der Waals surface area contributed by atoms with Gasteiger partial charge in [-0.05, 0) is 37.1 Å². The zero-order valence-corrected chi connectivity index (χ0v) is 11.3. The van der Waals surface area contributed by atoms with Crippen LogP contribution >= 0.6 is 0 Å². The number of piperidine rings is 1. The van der Waals surface area contributed by atoms with E-state index in [4.69, 9.17) is 5.11 Å². The minimum Gasteiger partial charge on any atom is -0.481 e. The second-order valence-corrected chi connectivity index (χ2v) is 5.10. The molecule has 1 aliphatic rings. The Bertz CT molecular complexity index is 487. The summed E-state index contributed by atoms with van der Waals surface area (Å²) in [5.41, 5.74) is 0.829. The summed E-state index contributed by atoms with van der Waals surface area (Å²) >= 11 is 0. The summed E-state index contributed by atoms with van der Waals surface area (Å²) in [6.07, 6.45) is -3.21. The number of ether oxygens (including phenoxy) is 1. The quantitative estimate of drug-likeness (QED) is 0.929. The molecule has 21 heavy (non-hydrogen) atoms. The van der Waals surface area contributed by atoms with E-state index in [1.165, 1.54) is 12.1 Å². The Morgan fingerprint density at radius 3 is 2.57 bits per heavy atom. The number of likely N-dealkylation sites (tertiary alicyclic amines) is 1. The lowest BCUT2D eigenvalue weighted by atomic mass is 9.98. The first-order valence-corrected chi connectivity index (χ1v) is 6.63. The smallest absolute Gasteiger partial charge is 0.481 e. The molecule has 0 unspecified atom stereocenters. The van der Waals surface area contributed by atoms with E-state index in [1.807, 2.05) is 4.90 Å². The highest BCUT2D eigenvalue weighted by molar-refractivity contribution is 5.70. The van der Waals surface area contributed by atoms with Crippen molar-refractivity contribution in [3.05, 3.63) is 29.8 Å². The molecular formula is C14H16F3NO3. The predicted molar refractivity (Wildman–Crippen MR) is 68.8 cm³/mol. The predicted octanol–water partition coefficient (Wildman–Crippen LogP) is 2.88. The fourth-order valence-corrected chi connectivity index (χ4v) is 2.46. The Kier molecular flexibility index (Phi) is 4.72. The summed E-state index contributed by atoms with van der Waals surface area (Å²) in [5, 5.41) is 9.02. The van der Waals surface area contributed by atoms with Crippen LogP contribution in [0.15, 0.2) is 24.3 Å². The number of carboxylic acids is 1. The molecule has 0 spiro atoms. The number of carboxylic acid groups (broad SMARTS) is 1. The van der Waals surface area contributed by atoms with Gasteiger partial charge >= 0.3 is 12.3 Å². The largest absolute Gasteiger partial charge is 0.573 e. The highest BCUT2D eigenvalue weighted by Gasteiger charge is 2.31. The molecule has 0 aliphatic carbocycles. The molecule has 1 heterocycles. The monoisotopic (exact) mass is 303 g/mol. The first-order chi connectivity index (χ1) is 9.83. The molecule has 1 fully saturated rings. The van der Waals surface area contributed by atoms with Crippen molar-refractivity contribution in [1.82, 2.24) is 4.90 Å². The van der Waals surface area contributed by atoms with Crippen LogP contribution in [0, 0.1) is 5.92 Å². The molecule has 0 saturated carbocycles. The molecular weight excluding hydrogens is 287 g/mol. The van der Waals surface area contributed by atoms with Crippen molar-refractivity contribution in [2.45, 2.75) is 25.7 Å². The summed E-state index contributed by atoms with van der Waals surface area (Å²) < 4.78 is 39.9. The van der Waals surface area contributed by atoms with E-state index in [0.717, 1.165) is 18.5 Å². The molecule has 1 aromatic rings. The zero-order valence-electron chi connectivity index (χ0n) is 11.3. The third-order valence-electron chi connectivity index (χ3n) is 3.42. The minimum absolute atomic E-state index is 0.256. The number of alkyl halides is 3. The number of benzene rings is 1. The Morgan fingerprint density at radius 1 is 1.33 bits per heavy atom. The highest BCUT2D eigenvalue weighted by atomic mass is 19.4. The maximum absolute atomic E-state index is 12.0. The molecule has 4 nitrogen and oxygen atoms in total. The van der Waals surface area contributed by atoms with Crippen LogP contribution in [-0.4, -0.2) is 35.4 Å². The SMILES string of the molecule is O=C(O)[C@@H]1CCCN(Cc2ccc(OC(F)(F)F)cc2)C1. The summed E-state index contributed by atoms with van der Waals surface area (Å²) in [4.78, 5) is 13.0. The van der Waals surface area contributed by atoms with Gasteiger partial charge in [0.25, 0.3) is 0 Å². The van der Waals surface area contributed by atoms with E-state index < -0.39 is 12.3 Å². The number of hydrogen-bond acceptors (Lipinski definition) is 3. The van der Waals surface area contributed by atoms with Gasteiger partial charge in [-0.2, -0.15) is 0 Å². The number of hydrogen-bond donors (Lipinski definition) is 1. The van der Waals surface area contributed by atoms with Gasteiger partial charge in [-0.15, -0.1) is 13.2 Å². The molecule has 0 radical (unpaired) electrons. The molecule has 1 aromatic carbocycles. The fraction of sp³-hybridized carbons (Fsp3) is 0.500. The van der Waals surface area contributed by atoms with Crippen molar-refractivity contribution < 1.29 is 27.8 Å². The Hall–Kier alpha value is -1.76. The second-order valence-electron chi connectivity index (χ2n) is 5.10. The number of carbonyl (C=O) groups is 1. The van der Waals surface area contributed by atoms with Crippen molar-refractivity contribution >= 4 is 5.97 Å². The van der Waals surface area contributed by atoms with Crippen molar-refractivity contribution in [2.24, 2.45) is 5.92 Å². The molecule has 0 amide bonds. The first kappa shape index (κ1) is 15.6. The Balaban J connectivity index is 1.92. The molecule has 116 valence electrons. The first-order valence-electron chi connectivity index (χ1n) is 6.63. The topological polar surface area (TPSA) is 49.8 Å². The van der Waals surface area contributed by atoms with Gasteiger partial charge in [0.2, 0.25) is 0 Å². The van der Waals surface area contributed by atoms with E-state index in [9.17, 15) is 18.0 Å². The third kappa shape index (κ3) is 4.93. The van der Waals surface area contributed by atoms with Gasteiger partial charge in [-0.1, -0.05) is 12.1 Å². The molecule has 1 aliphatic heterocycles. The molecule has 0 aromatic heterocycles. The van der Waals surface area contributed by atoms with Gasteiger partial charge in [0.1, 0.15) is 5.75 Å². The van der Waals surface area contributed by atoms with Crippen molar-refractivity contribution in [3.63, 3.8) is 0 Å². The van der Waals surface area contributed by atoms with Gasteiger partial charge in [-0.25, -0.2) is 0 Å². The van der Waals surface area contributed by atoms with Gasteiger partial charge in [-0.3, -0.25) is 9.69 Å². The second kappa shape index (κ2) is 6.34. The molecule has 2 rings (SSSR count). The van der Waals surface area contributed by atoms with Crippen LogP contribution in [0.25, 0.3) is 0 Å². The van der Waals surface area contributed by atoms with Crippen LogP contribution in [-0.2, 0) is 11.3 Å². The van der Waals surface area contributed by atoms with Gasteiger partial charge < -0.3 is 9.84 Å². The fourth-order valence-electron chi connectivity index (χ4n) is 2.46. The van der Waals surface area contributed by atoms with Crippen molar-refractivity contribution in [2.75, 3.05) is 13.1 Å². The van der Waals surface area contributed by atoms with E-state index in [2.05, 4.69) is 4.74 Å². The van der Waals surface area contributed by atoms with E-state index in [-0.39, 0.29) is 11.7 Å². The van der Waals surface area contributed by atoms with Crippen LogP contribution in [0.2, 0.25) is 0 Å². The molecule has 1 atom stereocenters. The number of rotatable bonds is 4. The third-order valence-corrected chi connectivity index (χ3v) is 3.42. The van der Waals surface area contributed by atoms with Gasteiger partial charge in [0.05, 0.1) is 5.92 Å². The molecule has 0 bridgehead atoms. The summed E-state index contributed by atoms with van der Waals surface area (Å²) in [6, 6.07) is 5.65. The Morgan fingerprint density at radius 2 is 2.00 bits per heavy atom. The lowest BCUT2D eigenvalue weighted by Crippen LogP contribution is -2.38. The lowest BCUT2D eigenvalue weighted by molar-refractivity contribution is -0.274. The van der Waals surface area contributed by atoms with Crippen LogP contribution < -0.4 is 4.74 Å². The normalized spacial score (nSPS) is 20.2. The maximum Gasteiger partial charge on any atom is 0.573 e. The molecule has 7 heteroatoms. The standard InChI is InChI=1S/C14H16F3NO3/c15-14(16,17)21-12-5-3-10(4-6-12)8-18-7-1-2-11(9-18)13(19)20/h3-6,11H,1-2,7-9H2,(H,19,20)/t11-/m1/s1. The number of nitrogens with zero attached hydrogens (tertiary/aromatic N) is 1. The van der Waals surface area contributed by atoms with Crippen molar-refractivity contribution in [3.8, 4) is 5.75 Å². The van der Waals surface area contributed by atoms with Crippen molar-refractivity contribution in [1.29, 1.82) is 0 Å². The summed E-state index contributed by atoms with van der Waals surface area (Å²) in [6.45, 7) is 1.79. The molecule has 1 saturated heterocycles. The average molecular weight is 303 g/mol. The Labute approximate surface area is 120 Å². The average Bonchev–Trinajstić information content (AvgIpc) is 2.40. The van der Waals surface area contributed by atoms with E-state index in [1.54, 1.807) is 12.1 Å². The summed E-state index contributed by atoms with van der Waals surface area (Å²) in [7, 11) is 0. The lowest BCUT2D eigenvalue weighted by Gasteiger charge is -2.30. The molecule has 1 N–H and O–H groups in total. The number of halogens is 3.